The molecule has 2 atom stereocenters. The van der Waals surface area contributed by atoms with Crippen LogP contribution < -0.4 is 5.32 Å². The van der Waals surface area contributed by atoms with Gasteiger partial charge in [-0.05, 0) is 59.3 Å². The predicted octanol–water partition coefficient (Wildman–Crippen LogP) is 3.98. The number of hydrogen-bond acceptors (Lipinski definition) is 4. The van der Waals surface area contributed by atoms with Crippen molar-refractivity contribution in [2.24, 2.45) is 11.3 Å². The molecular weight excluding hydrogens is 346 g/mol. The third kappa shape index (κ3) is 3.19. The summed E-state index contributed by atoms with van der Waals surface area (Å²) in [5, 5.41) is 6.87. The molecule has 1 aromatic carbocycles. The average Bonchev–Trinajstić information content (AvgIpc) is 3.28. The molecular formula is C21H21NO3S. The van der Waals surface area contributed by atoms with Gasteiger partial charge in [-0.3, -0.25) is 9.59 Å². The van der Waals surface area contributed by atoms with Crippen LogP contribution in [0.3, 0.4) is 0 Å². The van der Waals surface area contributed by atoms with Crippen LogP contribution in [0.25, 0.3) is 0 Å². The number of ether oxygens (including phenoxy) is 1. The van der Waals surface area contributed by atoms with Crippen molar-refractivity contribution >= 4 is 28.9 Å². The molecule has 0 bridgehead atoms. The van der Waals surface area contributed by atoms with Crippen molar-refractivity contribution in [3.8, 4) is 0 Å². The molecule has 1 aliphatic carbocycles. The molecule has 5 heteroatoms. The summed E-state index contributed by atoms with van der Waals surface area (Å²) < 4.78 is 5.33. The number of esters is 1. The van der Waals surface area contributed by atoms with E-state index in [0.29, 0.717) is 19.4 Å². The van der Waals surface area contributed by atoms with Crippen LogP contribution in [-0.2, 0) is 27.2 Å². The highest BCUT2D eigenvalue weighted by Crippen LogP contribution is 2.52. The Bertz CT molecular complexity index is 841. The van der Waals surface area contributed by atoms with Crippen LogP contribution in [0.1, 0.15) is 24.0 Å². The number of carbonyl (C=O) groups is 2. The maximum absolute atomic E-state index is 12.4. The lowest BCUT2D eigenvalue weighted by Gasteiger charge is -2.24. The number of nitrogens with one attached hydrogen (secondary N) is 1. The number of cyclic esters (lactones) is 1. The Morgan fingerprint density at radius 2 is 2.08 bits per heavy atom. The Morgan fingerprint density at radius 1 is 1.27 bits per heavy atom. The molecule has 1 aliphatic heterocycles. The standard InChI is InChI=1S/C21H21NO3S/c1-14-8-17-12-25-20(24)21(17,10-14)11-15-2-4-18(5-3-15)22-19(23)9-16-6-7-26-13-16/h2-7,13,17H,1,8-12H2,(H,22,23). The molecule has 1 saturated heterocycles. The van der Waals surface area contributed by atoms with Crippen LogP contribution in [0.5, 0.6) is 0 Å². The van der Waals surface area contributed by atoms with Crippen molar-refractivity contribution < 1.29 is 14.3 Å². The van der Waals surface area contributed by atoms with E-state index in [4.69, 9.17) is 4.74 Å². The Kier molecular flexibility index (Phi) is 4.41. The SMILES string of the molecule is C=C1CC2COC(=O)C2(Cc2ccc(NC(=O)Cc3ccsc3)cc2)C1. The molecule has 26 heavy (non-hydrogen) atoms. The summed E-state index contributed by atoms with van der Waals surface area (Å²) in [4.78, 5) is 24.5. The molecule has 1 amide bonds. The summed E-state index contributed by atoms with van der Waals surface area (Å²) in [5.74, 6) is 0.128. The smallest absolute Gasteiger partial charge is 0.313 e. The number of anilines is 1. The average molecular weight is 367 g/mol. The highest BCUT2D eigenvalue weighted by atomic mass is 32.1. The first-order valence-corrected chi connectivity index (χ1v) is 9.73. The van der Waals surface area contributed by atoms with Crippen molar-refractivity contribution in [1.29, 1.82) is 0 Å². The zero-order chi connectivity index (χ0) is 18.1. The van der Waals surface area contributed by atoms with Crippen LogP contribution in [-0.4, -0.2) is 18.5 Å². The molecule has 0 radical (unpaired) electrons. The molecule has 1 N–H and O–H groups in total. The van der Waals surface area contributed by atoms with Gasteiger partial charge in [-0.15, -0.1) is 0 Å². The van der Waals surface area contributed by atoms with Gasteiger partial charge in [0.1, 0.15) is 0 Å². The Balaban J connectivity index is 1.42. The predicted molar refractivity (Wildman–Crippen MR) is 102 cm³/mol. The van der Waals surface area contributed by atoms with Crippen LogP contribution >= 0.6 is 11.3 Å². The quantitative estimate of drug-likeness (QED) is 0.642. The number of hydrogen-bond donors (Lipinski definition) is 1. The summed E-state index contributed by atoms with van der Waals surface area (Å²) in [6.45, 7) is 4.59. The van der Waals surface area contributed by atoms with E-state index in [9.17, 15) is 9.59 Å². The summed E-state index contributed by atoms with van der Waals surface area (Å²) in [7, 11) is 0. The minimum Gasteiger partial charge on any atom is -0.465 e. The molecule has 4 nitrogen and oxygen atoms in total. The lowest BCUT2D eigenvalue weighted by atomic mass is 9.75. The van der Waals surface area contributed by atoms with Crippen molar-refractivity contribution in [2.45, 2.75) is 25.7 Å². The van der Waals surface area contributed by atoms with Crippen LogP contribution in [0, 0.1) is 11.3 Å². The Labute approximate surface area is 156 Å². The van der Waals surface area contributed by atoms with E-state index in [1.807, 2.05) is 41.1 Å². The van der Waals surface area contributed by atoms with Crippen molar-refractivity contribution in [2.75, 3.05) is 11.9 Å². The van der Waals surface area contributed by atoms with Gasteiger partial charge in [-0.2, -0.15) is 11.3 Å². The maximum Gasteiger partial charge on any atom is 0.313 e. The van der Waals surface area contributed by atoms with Gasteiger partial charge < -0.3 is 10.1 Å². The van der Waals surface area contributed by atoms with Gasteiger partial charge in [-0.25, -0.2) is 0 Å². The lowest BCUT2D eigenvalue weighted by Crippen LogP contribution is -2.31. The number of fused-ring (bicyclic) bond motifs is 1. The van der Waals surface area contributed by atoms with E-state index in [1.54, 1.807) is 11.3 Å². The topological polar surface area (TPSA) is 55.4 Å². The van der Waals surface area contributed by atoms with Crippen LogP contribution in [0.4, 0.5) is 5.69 Å². The van der Waals surface area contributed by atoms with Crippen LogP contribution in [0.2, 0.25) is 0 Å². The molecule has 2 heterocycles. The Hall–Kier alpha value is -2.40. The fourth-order valence-corrected chi connectivity index (χ4v) is 4.79. The molecule has 0 spiro atoms. The molecule has 1 aromatic heterocycles. The van der Waals surface area contributed by atoms with Gasteiger partial charge >= 0.3 is 5.97 Å². The minimum absolute atomic E-state index is 0.0266. The highest BCUT2D eigenvalue weighted by Gasteiger charge is 2.55. The van der Waals surface area contributed by atoms with Crippen molar-refractivity contribution in [3.05, 3.63) is 64.4 Å². The largest absolute Gasteiger partial charge is 0.465 e. The van der Waals surface area contributed by atoms with E-state index in [-0.39, 0.29) is 17.8 Å². The second kappa shape index (κ2) is 6.72. The zero-order valence-electron chi connectivity index (χ0n) is 14.5. The van der Waals surface area contributed by atoms with Gasteiger partial charge in [0.25, 0.3) is 0 Å². The van der Waals surface area contributed by atoms with E-state index >= 15 is 0 Å². The van der Waals surface area contributed by atoms with Gasteiger partial charge in [-0.1, -0.05) is 24.3 Å². The number of thiophene rings is 1. The molecule has 4 rings (SSSR count). The first-order valence-electron chi connectivity index (χ1n) is 8.79. The first kappa shape index (κ1) is 17.0. The molecule has 1 saturated carbocycles. The van der Waals surface area contributed by atoms with E-state index < -0.39 is 5.41 Å². The van der Waals surface area contributed by atoms with Crippen LogP contribution in [0.15, 0.2) is 53.2 Å². The number of rotatable bonds is 5. The number of carbonyl (C=O) groups excluding carboxylic acids is 2. The second-order valence-corrected chi connectivity index (χ2v) is 8.09. The molecule has 134 valence electrons. The molecule has 2 aliphatic rings. The van der Waals surface area contributed by atoms with Gasteiger partial charge in [0.2, 0.25) is 5.91 Å². The zero-order valence-corrected chi connectivity index (χ0v) is 15.3. The van der Waals surface area contributed by atoms with E-state index in [1.165, 1.54) is 0 Å². The fraction of sp³-hybridized carbons (Fsp3) is 0.333. The summed E-state index contributed by atoms with van der Waals surface area (Å²) in [6.07, 6.45) is 2.64. The number of amides is 1. The van der Waals surface area contributed by atoms with Crippen molar-refractivity contribution in [3.63, 3.8) is 0 Å². The fourth-order valence-electron chi connectivity index (χ4n) is 4.12. The summed E-state index contributed by atoms with van der Waals surface area (Å²) in [5.41, 5.74) is 3.58. The van der Waals surface area contributed by atoms with E-state index in [2.05, 4.69) is 11.9 Å². The first-order chi connectivity index (χ1) is 12.5. The normalized spacial score (nSPS) is 24.4. The lowest BCUT2D eigenvalue weighted by molar-refractivity contribution is -0.146. The highest BCUT2D eigenvalue weighted by molar-refractivity contribution is 7.08. The number of benzene rings is 1. The molecule has 2 unspecified atom stereocenters. The third-order valence-corrected chi connectivity index (χ3v) is 6.14. The maximum atomic E-state index is 12.4. The van der Waals surface area contributed by atoms with Crippen molar-refractivity contribution in [1.82, 2.24) is 0 Å². The minimum atomic E-state index is -0.444. The van der Waals surface area contributed by atoms with Gasteiger partial charge in [0.05, 0.1) is 18.4 Å². The van der Waals surface area contributed by atoms with Gasteiger partial charge in [0, 0.05) is 11.6 Å². The second-order valence-electron chi connectivity index (χ2n) is 7.31. The molecule has 2 aromatic rings. The monoisotopic (exact) mass is 367 g/mol. The van der Waals surface area contributed by atoms with E-state index in [0.717, 1.165) is 35.2 Å². The molecule has 2 fully saturated rings. The van der Waals surface area contributed by atoms with Gasteiger partial charge in [0.15, 0.2) is 0 Å². The summed E-state index contributed by atoms with van der Waals surface area (Å²) >= 11 is 1.59. The number of allylic oxidation sites excluding steroid dienone is 1. The third-order valence-electron chi connectivity index (χ3n) is 5.41. The summed E-state index contributed by atoms with van der Waals surface area (Å²) in [6, 6.07) is 9.73. The Morgan fingerprint density at radius 3 is 2.81 bits per heavy atom.